The van der Waals surface area contributed by atoms with E-state index in [0.29, 0.717) is 5.01 Å². The largest absolute Gasteiger partial charge is 0.371 e. The Morgan fingerprint density at radius 2 is 2.14 bits per heavy atom. The summed E-state index contributed by atoms with van der Waals surface area (Å²) in [6.07, 6.45) is 3.28. The summed E-state index contributed by atoms with van der Waals surface area (Å²) in [5.41, 5.74) is 1.97. The number of nitrogens with zero attached hydrogens (tertiary/aromatic N) is 3. The van der Waals surface area contributed by atoms with Crippen LogP contribution in [-0.2, 0) is 6.42 Å². The summed E-state index contributed by atoms with van der Waals surface area (Å²) >= 11 is 1.35. The molecule has 0 bridgehead atoms. The zero-order chi connectivity index (χ0) is 14.7. The highest BCUT2D eigenvalue weighted by Crippen LogP contribution is 2.23. The zero-order valence-corrected chi connectivity index (χ0v) is 12.8. The van der Waals surface area contributed by atoms with E-state index < -0.39 is 0 Å². The molecule has 1 aromatic heterocycles. The average molecular weight is 302 g/mol. The molecule has 1 aliphatic rings. The van der Waals surface area contributed by atoms with E-state index in [4.69, 9.17) is 0 Å². The number of carbonyl (C=O) groups is 1. The van der Waals surface area contributed by atoms with Gasteiger partial charge in [0.05, 0.1) is 0 Å². The molecular formula is C15H18N4OS. The number of aryl methyl sites for hydroxylation is 1. The summed E-state index contributed by atoms with van der Waals surface area (Å²) < 4.78 is 0. The molecule has 0 saturated carbocycles. The molecule has 5 nitrogen and oxygen atoms in total. The van der Waals surface area contributed by atoms with Crippen molar-refractivity contribution in [1.29, 1.82) is 0 Å². The van der Waals surface area contributed by atoms with Crippen molar-refractivity contribution in [1.82, 2.24) is 10.2 Å². The summed E-state index contributed by atoms with van der Waals surface area (Å²) in [5, 5.41) is 12.1. The number of anilines is 2. The lowest BCUT2D eigenvalue weighted by atomic mass is 10.2. The van der Waals surface area contributed by atoms with Crippen LogP contribution in [0.15, 0.2) is 24.3 Å². The van der Waals surface area contributed by atoms with Gasteiger partial charge in [-0.1, -0.05) is 24.3 Å². The summed E-state index contributed by atoms with van der Waals surface area (Å²) in [7, 11) is 0. The number of hydrogen-bond donors (Lipinski definition) is 1. The Bertz CT molecular complexity index is 634. The van der Waals surface area contributed by atoms with Gasteiger partial charge in [0.2, 0.25) is 5.01 Å². The van der Waals surface area contributed by atoms with Crippen LogP contribution in [0.25, 0.3) is 0 Å². The lowest BCUT2D eigenvalue weighted by molar-refractivity contribution is 0.102. The molecular weight excluding hydrogens is 284 g/mol. The molecule has 1 aromatic carbocycles. The molecule has 21 heavy (non-hydrogen) atoms. The maximum absolute atomic E-state index is 12.2. The minimum atomic E-state index is -0.189. The third-order valence-electron chi connectivity index (χ3n) is 3.54. The van der Waals surface area contributed by atoms with Crippen LogP contribution in [0.5, 0.6) is 0 Å². The van der Waals surface area contributed by atoms with Gasteiger partial charge in [-0.05, 0) is 37.5 Å². The van der Waals surface area contributed by atoms with Gasteiger partial charge in [0.15, 0.2) is 0 Å². The smallest absolute Gasteiger partial charge is 0.286 e. The van der Waals surface area contributed by atoms with Gasteiger partial charge >= 0.3 is 0 Å². The molecule has 0 radical (unpaired) electrons. The van der Waals surface area contributed by atoms with Gasteiger partial charge in [-0.25, -0.2) is 0 Å². The fourth-order valence-electron chi connectivity index (χ4n) is 2.43. The second-order valence-electron chi connectivity index (χ2n) is 5.05. The minimum absolute atomic E-state index is 0.189. The minimum Gasteiger partial charge on any atom is -0.371 e. The van der Waals surface area contributed by atoms with Gasteiger partial charge in [0.25, 0.3) is 5.91 Å². The molecule has 2 heterocycles. The number of amides is 1. The maximum Gasteiger partial charge on any atom is 0.286 e. The molecule has 1 N–H and O–H groups in total. The van der Waals surface area contributed by atoms with Crippen LogP contribution < -0.4 is 10.2 Å². The molecule has 1 saturated heterocycles. The van der Waals surface area contributed by atoms with E-state index in [2.05, 4.69) is 26.5 Å². The van der Waals surface area contributed by atoms with Gasteiger partial charge < -0.3 is 10.2 Å². The summed E-state index contributed by atoms with van der Waals surface area (Å²) in [4.78, 5) is 14.5. The first-order valence-corrected chi connectivity index (χ1v) is 8.06. The van der Waals surface area contributed by atoms with E-state index in [9.17, 15) is 4.79 Å². The average Bonchev–Trinajstić information content (AvgIpc) is 3.19. The lowest BCUT2D eigenvalue weighted by Gasteiger charge is -2.18. The molecule has 0 spiro atoms. The Balaban J connectivity index is 1.72. The Morgan fingerprint density at radius 1 is 1.33 bits per heavy atom. The molecule has 6 heteroatoms. The summed E-state index contributed by atoms with van der Waals surface area (Å²) in [6, 6.07) is 7.98. The van der Waals surface area contributed by atoms with Gasteiger partial charge in [-0.3, -0.25) is 4.79 Å². The standard InChI is InChI=1S/C15H18N4OS/c1-2-13-17-18-15(21-13)14(20)16-11-6-5-7-12(10-11)19-8-3-4-9-19/h5-7,10H,2-4,8-9H2,1H3,(H,16,20). The number of aromatic nitrogens is 2. The second kappa shape index (κ2) is 6.22. The molecule has 1 amide bonds. The summed E-state index contributed by atoms with van der Waals surface area (Å²) in [5.74, 6) is -0.189. The molecule has 0 atom stereocenters. The fourth-order valence-corrected chi connectivity index (χ4v) is 3.10. The van der Waals surface area contributed by atoms with E-state index in [1.165, 1.54) is 24.2 Å². The van der Waals surface area contributed by atoms with Crippen molar-refractivity contribution in [3.05, 3.63) is 34.3 Å². The van der Waals surface area contributed by atoms with Crippen LogP contribution >= 0.6 is 11.3 Å². The van der Waals surface area contributed by atoms with Crippen LogP contribution in [0.4, 0.5) is 11.4 Å². The fraction of sp³-hybridized carbons (Fsp3) is 0.400. The van der Waals surface area contributed by atoms with Crippen LogP contribution in [0.2, 0.25) is 0 Å². The number of carbonyl (C=O) groups excluding carboxylic acids is 1. The van der Waals surface area contributed by atoms with E-state index in [-0.39, 0.29) is 5.91 Å². The molecule has 0 aliphatic carbocycles. The predicted molar refractivity (Wildman–Crippen MR) is 85.1 cm³/mol. The van der Waals surface area contributed by atoms with Crippen molar-refractivity contribution >= 4 is 28.6 Å². The maximum atomic E-state index is 12.2. The van der Waals surface area contributed by atoms with Crippen LogP contribution in [0, 0.1) is 0 Å². The monoisotopic (exact) mass is 302 g/mol. The molecule has 1 fully saturated rings. The van der Waals surface area contributed by atoms with Gasteiger partial charge in [-0.2, -0.15) is 0 Å². The predicted octanol–water partition coefficient (Wildman–Crippen LogP) is 2.95. The van der Waals surface area contributed by atoms with Gasteiger partial charge in [-0.15, -0.1) is 10.2 Å². The van der Waals surface area contributed by atoms with Crippen molar-refractivity contribution < 1.29 is 4.79 Å². The molecule has 110 valence electrons. The zero-order valence-electron chi connectivity index (χ0n) is 12.0. The Kier molecular flexibility index (Phi) is 4.15. The molecule has 0 unspecified atom stereocenters. The first-order chi connectivity index (χ1) is 10.3. The molecule has 1 aliphatic heterocycles. The van der Waals surface area contributed by atoms with Crippen molar-refractivity contribution in [2.45, 2.75) is 26.2 Å². The Morgan fingerprint density at radius 3 is 2.86 bits per heavy atom. The van der Waals surface area contributed by atoms with Gasteiger partial charge in [0, 0.05) is 24.5 Å². The van der Waals surface area contributed by atoms with Crippen molar-refractivity contribution in [3.63, 3.8) is 0 Å². The first-order valence-electron chi connectivity index (χ1n) is 7.25. The SMILES string of the molecule is CCc1nnc(C(=O)Nc2cccc(N3CCCC3)c2)s1. The van der Waals surface area contributed by atoms with Crippen molar-refractivity contribution in [2.24, 2.45) is 0 Å². The molecule has 2 aromatic rings. The number of rotatable bonds is 4. The van der Waals surface area contributed by atoms with Crippen LogP contribution in [0.1, 0.15) is 34.6 Å². The van der Waals surface area contributed by atoms with Crippen molar-refractivity contribution in [3.8, 4) is 0 Å². The number of hydrogen-bond acceptors (Lipinski definition) is 5. The third-order valence-corrected chi connectivity index (χ3v) is 4.61. The highest BCUT2D eigenvalue weighted by molar-refractivity contribution is 7.13. The first kappa shape index (κ1) is 14.0. The summed E-state index contributed by atoms with van der Waals surface area (Å²) in [6.45, 7) is 4.18. The highest BCUT2D eigenvalue weighted by Gasteiger charge is 2.15. The van der Waals surface area contributed by atoms with E-state index in [1.807, 2.05) is 25.1 Å². The van der Waals surface area contributed by atoms with E-state index in [0.717, 1.165) is 35.9 Å². The van der Waals surface area contributed by atoms with Crippen LogP contribution in [0.3, 0.4) is 0 Å². The van der Waals surface area contributed by atoms with Crippen molar-refractivity contribution in [2.75, 3.05) is 23.3 Å². The van der Waals surface area contributed by atoms with E-state index >= 15 is 0 Å². The van der Waals surface area contributed by atoms with Gasteiger partial charge in [0.1, 0.15) is 5.01 Å². The number of benzene rings is 1. The quantitative estimate of drug-likeness (QED) is 0.943. The van der Waals surface area contributed by atoms with Crippen LogP contribution in [-0.4, -0.2) is 29.2 Å². The normalized spacial score (nSPS) is 14.4. The number of nitrogens with one attached hydrogen (secondary N) is 1. The highest BCUT2D eigenvalue weighted by atomic mass is 32.1. The second-order valence-corrected chi connectivity index (χ2v) is 6.12. The third kappa shape index (κ3) is 3.21. The topological polar surface area (TPSA) is 58.1 Å². The lowest BCUT2D eigenvalue weighted by Crippen LogP contribution is -2.18. The van der Waals surface area contributed by atoms with E-state index in [1.54, 1.807) is 0 Å². The molecule has 3 rings (SSSR count). The Labute approximate surface area is 128 Å². The Hall–Kier alpha value is -1.95.